The highest BCUT2D eigenvalue weighted by molar-refractivity contribution is 6.02. The Kier molecular flexibility index (Phi) is 6.07. The predicted molar refractivity (Wildman–Crippen MR) is 113 cm³/mol. The lowest BCUT2D eigenvalue weighted by Crippen LogP contribution is -2.38. The van der Waals surface area contributed by atoms with Gasteiger partial charge in [-0.1, -0.05) is 6.42 Å². The molecule has 3 heterocycles. The molecule has 0 spiro atoms. The van der Waals surface area contributed by atoms with Crippen molar-refractivity contribution in [3.8, 4) is 5.75 Å². The molecule has 2 aromatic heterocycles. The fourth-order valence-electron chi connectivity index (χ4n) is 4.00. The van der Waals surface area contributed by atoms with Gasteiger partial charge in [0.05, 0.1) is 18.5 Å². The third kappa shape index (κ3) is 5.03. The van der Waals surface area contributed by atoms with Crippen molar-refractivity contribution in [2.24, 2.45) is 5.92 Å². The molecule has 0 bridgehead atoms. The molecule has 1 aliphatic carbocycles. The van der Waals surface area contributed by atoms with Crippen molar-refractivity contribution in [3.63, 3.8) is 0 Å². The lowest BCUT2D eigenvalue weighted by Gasteiger charge is -2.30. The number of carbonyl (C=O) groups is 1. The van der Waals surface area contributed by atoms with Crippen LogP contribution in [0.5, 0.6) is 5.75 Å². The fourth-order valence-corrected chi connectivity index (χ4v) is 4.00. The molecule has 2 aliphatic rings. The zero-order chi connectivity index (χ0) is 22.9. The summed E-state index contributed by atoms with van der Waals surface area (Å²) in [5.74, 6) is 1.54. The number of carbonyl (C=O) groups excluding carboxylic acids is 1. The van der Waals surface area contributed by atoms with Crippen molar-refractivity contribution in [2.45, 2.75) is 57.8 Å². The molecule has 0 unspecified atom stereocenters. The molecule has 3 atom stereocenters. The van der Waals surface area contributed by atoms with E-state index in [4.69, 9.17) is 4.74 Å². The first-order chi connectivity index (χ1) is 15.2. The van der Waals surface area contributed by atoms with E-state index in [1.807, 2.05) is 6.92 Å². The summed E-state index contributed by atoms with van der Waals surface area (Å²) in [6.45, 7) is 3.99. The first-order valence-electron chi connectivity index (χ1n) is 10.6. The van der Waals surface area contributed by atoms with Gasteiger partial charge in [0.1, 0.15) is 23.2 Å². The summed E-state index contributed by atoms with van der Waals surface area (Å²) in [6, 6.07) is 2.00. The molecular weight excluding hydrogens is 425 g/mol. The van der Waals surface area contributed by atoms with E-state index in [0.717, 1.165) is 37.9 Å². The van der Waals surface area contributed by atoms with E-state index in [9.17, 15) is 18.0 Å². The zero-order valence-corrected chi connectivity index (χ0v) is 17.8. The molecule has 2 aromatic rings. The zero-order valence-electron chi connectivity index (χ0n) is 17.8. The number of fused-ring (bicyclic) bond motifs is 1. The Morgan fingerprint density at radius 3 is 2.78 bits per heavy atom. The highest BCUT2D eigenvalue weighted by Crippen LogP contribution is 2.31. The smallest absolute Gasteiger partial charge is 0.433 e. The minimum Gasteiger partial charge on any atom is -0.492 e. The molecule has 0 radical (unpaired) electrons. The molecule has 1 aliphatic heterocycles. The standard InChI is InChI=1S/C21H25F3N6O2/c1-11-17-18(26-12(2)19(31)29-17)30-20(27-11)28-14-5-3-4-13(8-14)10-32-15-6-7-16(25-9-15)21(22,23)24/h6-7,9,12-14H,3-5,8,10H2,1-2H3,(H,29,31)(H2,26,27,28,30)/t12-,13+,14+/m0/s1. The molecule has 8 nitrogen and oxygen atoms in total. The summed E-state index contributed by atoms with van der Waals surface area (Å²) in [4.78, 5) is 24.3. The Morgan fingerprint density at radius 2 is 2.06 bits per heavy atom. The van der Waals surface area contributed by atoms with Crippen LogP contribution in [0, 0.1) is 12.8 Å². The first-order valence-corrected chi connectivity index (χ1v) is 10.6. The van der Waals surface area contributed by atoms with Crippen LogP contribution in [0.4, 0.5) is 30.6 Å². The molecule has 11 heteroatoms. The number of nitrogens with zero attached hydrogens (tertiary/aromatic N) is 3. The van der Waals surface area contributed by atoms with E-state index in [1.165, 1.54) is 6.07 Å². The second-order valence-corrected chi connectivity index (χ2v) is 8.27. The van der Waals surface area contributed by atoms with Crippen molar-refractivity contribution in [3.05, 3.63) is 29.7 Å². The largest absolute Gasteiger partial charge is 0.492 e. The van der Waals surface area contributed by atoms with E-state index < -0.39 is 11.9 Å². The highest BCUT2D eigenvalue weighted by atomic mass is 19.4. The van der Waals surface area contributed by atoms with Gasteiger partial charge in [0, 0.05) is 6.04 Å². The van der Waals surface area contributed by atoms with E-state index in [1.54, 1.807) is 6.92 Å². The summed E-state index contributed by atoms with van der Waals surface area (Å²) in [6.07, 6.45) is 0.398. The predicted octanol–water partition coefficient (Wildman–Crippen LogP) is 4.00. The SMILES string of the molecule is Cc1nc(N[C@@H]2CCC[C@@H](COc3ccc(C(F)(F)F)nc3)C2)nc2c1NC(=O)[C@H](C)N2. The number of hydrogen-bond donors (Lipinski definition) is 3. The maximum absolute atomic E-state index is 12.6. The number of aromatic nitrogens is 3. The number of alkyl halides is 3. The average molecular weight is 450 g/mol. The van der Waals surface area contributed by atoms with E-state index in [-0.39, 0.29) is 23.9 Å². The van der Waals surface area contributed by atoms with Crippen LogP contribution in [0.15, 0.2) is 18.3 Å². The summed E-state index contributed by atoms with van der Waals surface area (Å²) >= 11 is 0. The number of nitrogens with one attached hydrogen (secondary N) is 3. The fraction of sp³-hybridized carbons (Fsp3) is 0.524. The van der Waals surface area contributed by atoms with Crippen LogP contribution in [0.2, 0.25) is 0 Å². The molecule has 32 heavy (non-hydrogen) atoms. The summed E-state index contributed by atoms with van der Waals surface area (Å²) < 4.78 is 43.6. The van der Waals surface area contributed by atoms with E-state index >= 15 is 0 Å². The van der Waals surface area contributed by atoms with Gasteiger partial charge in [-0.05, 0) is 51.2 Å². The number of amides is 1. The van der Waals surface area contributed by atoms with Gasteiger partial charge in [-0.25, -0.2) is 9.97 Å². The third-order valence-electron chi connectivity index (χ3n) is 5.71. The van der Waals surface area contributed by atoms with Gasteiger partial charge in [-0.3, -0.25) is 4.79 Å². The first kappa shape index (κ1) is 22.1. The topological polar surface area (TPSA) is 101 Å². The monoisotopic (exact) mass is 450 g/mol. The molecule has 1 amide bonds. The molecule has 4 rings (SSSR count). The van der Waals surface area contributed by atoms with E-state index in [0.29, 0.717) is 35.5 Å². The average Bonchev–Trinajstić information content (AvgIpc) is 2.74. The van der Waals surface area contributed by atoms with E-state index in [2.05, 4.69) is 30.9 Å². The van der Waals surface area contributed by atoms with Crippen molar-refractivity contribution < 1.29 is 22.7 Å². The molecule has 1 fully saturated rings. The Morgan fingerprint density at radius 1 is 1.25 bits per heavy atom. The third-order valence-corrected chi connectivity index (χ3v) is 5.71. The van der Waals surface area contributed by atoms with Crippen LogP contribution in [0.3, 0.4) is 0 Å². The normalized spacial score (nSPS) is 23.0. The van der Waals surface area contributed by atoms with Gasteiger partial charge in [-0.15, -0.1) is 0 Å². The van der Waals surface area contributed by atoms with Gasteiger partial charge >= 0.3 is 6.18 Å². The van der Waals surface area contributed by atoms with Crippen molar-refractivity contribution in [2.75, 3.05) is 22.6 Å². The van der Waals surface area contributed by atoms with Crippen LogP contribution in [0.1, 0.15) is 44.0 Å². The van der Waals surface area contributed by atoms with Crippen molar-refractivity contribution in [1.82, 2.24) is 15.0 Å². The van der Waals surface area contributed by atoms with Gasteiger partial charge in [-0.2, -0.15) is 18.2 Å². The molecule has 172 valence electrons. The number of halogens is 3. The van der Waals surface area contributed by atoms with Crippen LogP contribution in [-0.2, 0) is 11.0 Å². The molecule has 3 N–H and O–H groups in total. The Balaban J connectivity index is 1.34. The number of hydrogen-bond acceptors (Lipinski definition) is 7. The lowest BCUT2D eigenvalue weighted by molar-refractivity contribution is -0.141. The molecule has 0 aromatic carbocycles. The van der Waals surface area contributed by atoms with Crippen molar-refractivity contribution >= 4 is 23.4 Å². The van der Waals surface area contributed by atoms with Crippen LogP contribution < -0.4 is 20.7 Å². The Hall–Kier alpha value is -3.11. The highest BCUT2D eigenvalue weighted by Gasteiger charge is 2.32. The number of rotatable bonds is 5. The minimum atomic E-state index is -4.46. The molecular formula is C21H25F3N6O2. The number of anilines is 3. The second kappa shape index (κ2) is 8.79. The van der Waals surface area contributed by atoms with Crippen molar-refractivity contribution in [1.29, 1.82) is 0 Å². The summed E-state index contributed by atoms with van der Waals surface area (Å²) in [5.41, 5.74) is 0.338. The molecule has 1 saturated carbocycles. The number of aryl methyl sites for hydroxylation is 1. The number of ether oxygens (including phenoxy) is 1. The summed E-state index contributed by atoms with van der Waals surface area (Å²) in [7, 11) is 0. The van der Waals surface area contributed by atoms with Crippen LogP contribution in [0.25, 0.3) is 0 Å². The maximum atomic E-state index is 12.6. The maximum Gasteiger partial charge on any atom is 0.433 e. The van der Waals surface area contributed by atoms with Gasteiger partial charge in [0.25, 0.3) is 0 Å². The molecule has 0 saturated heterocycles. The quantitative estimate of drug-likeness (QED) is 0.633. The lowest BCUT2D eigenvalue weighted by atomic mass is 9.86. The number of pyridine rings is 1. The Bertz CT molecular complexity index is 983. The van der Waals surface area contributed by atoms with Gasteiger partial charge < -0.3 is 20.7 Å². The summed E-state index contributed by atoms with van der Waals surface area (Å²) in [5, 5.41) is 9.29. The van der Waals surface area contributed by atoms with Gasteiger partial charge in [0.15, 0.2) is 5.82 Å². The van der Waals surface area contributed by atoms with Crippen LogP contribution >= 0.6 is 0 Å². The second-order valence-electron chi connectivity index (χ2n) is 8.27. The van der Waals surface area contributed by atoms with Crippen LogP contribution in [-0.4, -0.2) is 39.5 Å². The minimum absolute atomic E-state index is 0.122. The Labute approximate surface area is 183 Å². The van der Waals surface area contributed by atoms with Gasteiger partial charge in [0.2, 0.25) is 11.9 Å².